The number of hydrogen-bond acceptors (Lipinski definition) is 6. The minimum Gasteiger partial charge on any atom is -0.335 e. The molecule has 0 aliphatic carbocycles. The molecule has 0 bridgehead atoms. The van der Waals surface area contributed by atoms with Crippen molar-refractivity contribution in [2.45, 2.75) is 13.5 Å². The molecule has 176 valence electrons. The third-order valence-electron chi connectivity index (χ3n) is 5.69. The molecule has 0 atom stereocenters. The molecule has 0 N–H and O–H groups in total. The molecular formula is C23H21ClFN5O4. The number of aryl methyl sites for hydroxylation is 1. The van der Waals surface area contributed by atoms with Crippen molar-refractivity contribution >= 4 is 23.2 Å². The van der Waals surface area contributed by atoms with Crippen molar-refractivity contribution in [3.05, 3.63) is 96.7 Å². The third-order valence-corrected chi connectivity index (χ3v) is 6.04. The monoisotopic (exact) mass is 485 g/mol. The minimum absolute atomic E-state index is 0.167. The van der Waals surface area contributed by atoms with Crippen LogP contribution in [0.2, 0.25) is 5.02 Å². The van der Waals surface area contributed by atoms with E-state index in [0.717, 1.165) is 5.56 Å². The molecule has 0 spiro atoms. The lowest BCUT2D eigenvalue weighted by Gasteiger charge is -2.34. The molecule has 9 nitrogen and oxygen atoms in total. The lowest BCUT2D eigenvalue weighted by atomic mass is 10.2. The zero-order valence-electron chi connectivity index (χ0n) is 18.3. The van der Waals surface area contributed by atoms with E-state index >= 15 is 0 Å². The van der Waals surface area contributed by atoms with Gasteiger partial charge in [0.1, 0.15) is 11.5 Å². The van der Waals surface area contributed by atoms with Crippen LogP contribution in [0.15, 0.2) is 53.3 Å². The molecule has 0 unspecified atom stereocenters. The first-order valence-electron chi connectivity index (χ1n) is 10.5. The number of nitrogens with zero attached hydrogens (tertiary/aromatic N) is 5. The number of para-hydroxylation sites is 2. The van der Waals surface area contributed by atoms with E-state index in [-0.39, 0.29) is 17.1 Å². The minimum atomic E-state index is -0.544. The number of carbonyl (C=O) groups excluding carboxylic acids is 1. The van der Waals surface area contributed by atoms with Crippen LogP contribution in [0.4, 0.5) is 10.1 Å². The fourth-order valence-corrected chi connectivity index (χ4v) is 4.11. The van der Waals surface area contributed by atoms with E-state index in [1.807, 2.05) is 0 Å². The number of carbonyl (C=O) groups is 1. The van der Waals surface area contributed by atoms with Crippen LogP contribution in [0.25, 0.3) is 5.69 Å². The van der Waals surface area contributed by atoms with Gasteiger partial charge in [-0.1, -0.05) is 29.8 Å². The quantitative estimate of drug-likeness (QED) is 0.406. The van der Waals surface area contributed by atoms with Crippen LogP contribution in [0.5, 0.6) is 0 Å². The predicted octanol–water partition coefficient (Wildman–Crippen LogP) is 3.20. The summed E-state index contributed by atoms with van der Waals surface area (Å²) in [6.45, 7) is 3.89. The molecule has 0 saturated carbocycles. The summed E-state index contributed by atoms with van der Waals surface area (Å²) in [5, 5.41) is 16.0. The Morgan fingerprint density at radius 1 is 1.15 bits per heavy atom. The highest BCUT2D eigenvalue weighted by atomic mass is 35.5. The lowest BCUT2D eigenvalue weighted by molar-refractivity contribution is -0.384. The van der Waals surface area contributed by atoms with Gasteiger partial charge in [0.05, 0.1) is 4.92 Å². The Labute approximate surface area is 199 Å². The molecule has 11 heteroatoms. The standard InChI is InChI=1S/C23H21ClFN5O4/c1-15-12-21(31)22(26-29(15)19-4-2-3-5-20(19)30(33)34)23(32)28-10-8-27(9-11-28)14-16-6-7-17(25)13-18(16)24/h2-7,12-13H,8-11,14H2,1H3. The van der Waals surface area contributed by atoms with Crippen LogP contribution in [0, 0.1) is 22.9 Å². The largest absolute Gasteiger partial charge is 0.335 e. The number of nitro groups is 1. The Kier molecular flexibility index (Phi) is 6.71. The van der Waals surface area contributed by atoms with Crippen LogP contribution in [-0.4, -0.2) is 56.6 Å². The zero-order valence-corrected chi connectivity index (χ0v) is 19.0. The molecule has 1 aromatic heterocycles. The highest BCUT2D eigenvalue weighted by molar-refractivity contribution is 6.31. The molecule has 1 saturated heterocycles. The average molecular weight is 486 g/mol. The first-order chi connectivity index (χ1) is 16.2. The number of halogens is 2. The van der Waals surface area contributed by atoms with Crippen molar-refractivity contribution in [1.82, 2.24) is 19.6 Å². The van der Waals surface area contributed by atoms with Gasteiger partial charge < -0.3 is 4.90 Å². The lowest BCUT2D eigenvalue weighted by Crippen LogP contribution is -2.49. The molecule has 2 aromatic carbocycles. The maximum absolute atomic E-state index is 13.3. The normalized spacial score (nSPS) is 14.3. The van der Waals surface area contributed by atoms with E-state index in [1.54, 1.807) is 19.1 Å². The summed E-state index contributed by atoms with van der Waals surface area (Å²) < 4.78 is 14.5. The Balaban J connectivity index is 1.52. The van der Waals surface area contributed by atoms with Crippen LogP contribution in [0.1, 0.15) is 21.7 Å². The summed E-state index contributed by atoms with van der Waals surface area (Å²) >= 11 is 6.12. The molecule has 0 radical (unpaired) electrons. The van der Waals surface area contributed by atoms with Gasteiger partial charge in [-0.25, -0.2) is 9.07 Å². The number of rotatable bonds is 5. The number of aromatic nitrogens is 2. The van der Waals surface area contributed by atoms with Gasteiger partial charge in [-0.3, -0.25) is 24.6 Å². The molecule has 2 heterocycles. The smallest absolute Gasteiger partial charge is 0.294 e. The molecule has 34 heavy (non-hydrogen) atoms. The first kappa shape index (κ1) is 23.5. The number of hydrogen-bond donors (Lipinski definition) is 0. The summed E-state index contributed by atoms with van der Waals surface area (Å²) in [5.74, 6) is -0.932. The first-order valence-corrected chi connectivity index (χ1v) is 10.9. The van der Waals surface area contributed by atoms with Crippen LogP contribution >= 0.6 is 11.6 Å². The number of benzene rings is 2. The summed E-state index contributed by atoms with van der Waals surface area (Å²) in [5.41, 5.74) is 0.303. The van der Waals surface area contributed by atoms with Crippen LogP contribution in [-0.2, 0) is 6.54 Å². The van der Waals surface area contributed by atoms with Crippen molar-refractivity contribution in [1.29, 1.82) is 0 Å². The number of amides is 1. The van der Waals surface area contributed by atoms with Crippen molar-refractivity contribution in [3.63, 3.8) is 0 Å². The third kappa shape index (κ3) is 4.82. The molecule has 3 aromatic rings. The van der Waals surface area contributed by atoms with Gasteiger partial charge in [0, 0.05) is 55.6 Å². The molecule has 1 fully saturated rings. The van der Waals surface area contributed by atoms with Gasteiger partial charge in [0.15, 0.2) is 5.69 Å². The Morgan fingerprint density at radius 3 is 2.53 bits per heavy atom. The van der Waals surface area contributed by atoms with Gasteiger partial charge >= 0.3 is 0 Å². The highest BCUT2D eigenvalue weighted by Gasteiger charge is 2.27. The SMILES string of the molecule is Cc1cc(=O)c(C(=O)N2CCN(Cc3ccc(F)cc3Cl)CC2)nn1-c1ccccc1[N+](=O)[O-]. The van der Waals surface area contributed by atoms with E-state index in [4.69, 9.17) is 11.6 Å². The summed E-state index contributed by atoms with van der Waals surface area (Å²) in [7, 11) is 0. The van der Waals surface area contributed by atoms with E-state index < -0.39 is 22.1 Å². The number of nitro benzene ring substituents is 1. The van der Waals surface area contributed by atoms with Gasteiger partial charge in [-0.15, -0.1) is 0 Å². The summed E-state index contributed by atoms with van der Waals surface area (Å²) in [4.78, 5) is 40.2. The van der Waals surface area contributed by atoms with E-state index in [0.29, 0.717) is 43.4 Å². The fraction of sp³-hybridized carbons (Fsp3) is 0.261. The molecule has 4 rings (SSSR count). The Bertz CT molecular complexity index is 1320. The van der Waals surface area contributed by atoms with Crippen molar-refractivity contribution in [2.75, 3.05) is 26.2 Å². The summed E-state index contributed by atoms with van der Waals surface area (Å²) in [6.07, 6.45) is 0. The molecular weight excluding hydrogens is 465 g/mol. The van der Waals surface area contributed by atoms with E-state index in [9.17, 15) is 24.1 Å². The Morgan fingerprint density at radius 2 is 1.85 bits per heavy atom. The highest BCUT2D eigenvalue weighted by Crippen LogP contribution is 2.23. The molecule has 1 amide bonds. The zero-order chi connectivity index (χ0) is 24.4. The topological polar surface area (TPSA) is 102 Å². The fourth-order valence-electron chi connectivity index (χ4n) is 3.89. The van der Waals surface area contributed by atoms with Gasteiger partial charge in [-0.2, -0.15) is 5.10 Å². The van der Waals surface area contributed by atoms with Crippen molar-refractivity contribution < 1.29 is 14.1 Å². The second-order valence-corrected chi connectivity index (χ2v) is 8.37. The maximum Gasteiger partial charge on any atom is 0.294 e. The second kappa shape index (κ2) is 9.70. The van der Waals surface area contributed by atoms with Crippen LogP contribution < -0.4 is 5.43 Å². The molecule has 1 aliphatic heterocycles. The molecule has 1 aliphatic rings. The second-order valence-electron chi connectivity index (χ2n) is 7.96. The maximum atomic E-state index is 13.3. The number of piperazine rings is 1. The van der Waals surface area contributed by atoms with Crippen molar-refractivity contribution in [2.24, 2.45) is 0 Å². The predicted molar refractivity (Wildman–Crippen MR) is 124 cm³/mol. The van der Waals surface area contributed by atoms with Gasteiger partial charge in [-0.05, 0) is 30.7 Å². The van der Waals surface area contributed by atoms with E-state index in [2.05, 4.69) is 10.00 Å². The van der Waals surface area contributed by atoms with Crippen LogP contribution in [0.3, 0.4) is 0 Å². The summed E-state index contributed by atoms with van der Waals surface area (Å²) in [6, 6.07) is 11.5. The van der Waals surface area contributed by atoms with Crippen molar-refractivity contribution in [3.8, 4) is 5.69 Å². The van der Waals surface area contributed by atoms with Gasteiger partial charge in [0.2, 0.25) is 5.43 Å². The Hall–Kier alpha value is -3.63. The average Bonchev–Trinajstić information content (AvgIpc) is 2.81. The van der Waals surface area contributed by atoms with E-state index in [1.165, 1.54) is 46.0 Å². The van der Waals surface area contributed by atoms with Gasteiger partial charge in [0.25, 0.3) is 11.6 Å².